The second-order valence-corrected chi connectivity index (χ2v) is 2.79. The number of ether oxygens (including phenoxy) is 1. The summed E-state index contributed by atoms with van der Waals surface area (Å²) in [5.74, 6) is 5.36. The molecule has 0 saturated carbocycles. The molecular formula is C11H12N2O2. The van der Waals surface area contributed by atoms with Crippen molar-refractivity contribution in [2.45, 2.75) is 0 Å². The molecule has 4 heteroatoms. The predicted octanol–water partition coefficient (Wildman–Crippen LogP) is 0.439. The molecule has 0 aromatic carbocycles. The van der Waals surface area contributed by atoms with Crippen LogP contribution in [-0.4, -0.2) is 31.7 Å². The molecule has 15 heavy (non-hydrogen) atoms. The van der Waals surface area contributed by atoms with Gasteiger partial charge < -0.3 is 10.1 Å². The molecule has 1 N–H and O–H groups in total. The van der Waals surface area contributed by atoms with E-state index in [-0.39, 0.29) is 0 Å². The highest BCUT2D eigenvalue weighted by atomic mass is 16.5. The largest absolute Gasteiger partial charge is 0.465 e. The van der Waals surface area contributed by atoms with Gasteiger partial charge in [0.1, 0.15) is 0 Å². The molecule has 1 heterocycles. The van der Waals surface area contributed by atoms with Crippen molar-refractivity contribution >= 4 is 5.97 Å². The quantitative estimate of drug-likeness (QED) is 0.561. The number of aromatic nitrogens is 1. The molecule has 1 rings (SSSR count). The zero-order valence-corrected chi connectivity index (χ0v) is 8.70. The molecular weight excluding hydrogens is 192 g/mol. The number of pyridine rings is 1. The van der Waals surface area contributed by atoms with Crippen molar-refractivity contribution in [3.8, 4) is 11.8 Å². The van der Waals surface area contributed by atoms with Crippen molar-refractivity contribution in [1.29, 1.82) is 0 Å². The lowest BCUT2D eigenvalue weighted by molar-refractivity contribution is 0.0600. The molecule has 4 nitrogen and oxygen atoms in total. The van der Waals surface area contributed by atoms with Crippen LogP contribution < -0.4 is 5.32 Å². The van der Waals surface area contributed by atoms with E-state index in [1.165, 1.54) is 13.3 Å². The Labute approximate surface area is 88.7 Å². The smallest absolute Gasteiger partial charge is 0.339 e. The third-order valence-electron chi connectivity index (χ3n) is 1.66. The Morgan fingerprint density at radius 1 is 1.60 bits per heavy atom. The first-order valence-electron chi connectivity index (χ1n) is 4.44. The van der Waals surface area contributed by atoms with Crippen LogP contribution in [-0.2, 0) is 4.74 Å². The topological polar surface area (TPSA) is 51.2 Å². The Hall–Kier alpha value is -1.86. The number of nitrogens with one attached hydrogen (secondary N) is 1. The molecule has 0 aliphatic heterocycles. The fourth-order valence-electron chi connectivity index (χ4n) is 0.972. The molecule has 1 aromatic rings. The molecule has 78 valence electrons. The van der Waals surface area contributed by atoms with E-state index < -0.39 is 5.97 Å². The van der Waals surface area contributed by atoms with E-state index in [9.17, 15) is 4.79 Å². The summed E-state index contributed by atoms with van der Waals surface area (Å²) in [7, 11) is 3.15. The van der Waals surface area contributed by atoms with Crippen LogP contribution in [0.1, 0.15) is 15.9 Å². The first-order chi connectivity index (χ1) is 7.27. The van der Waals surface area contributed by atoms with Crippen LogP contribution in [0.15, 0.2) is 18.5 Å². The molecule has 0 fully saturated rings. The van der Waals surface area contributed by atoms with Crippen LogP contribution in [0.3, 0.4) is 0 Å². The van der Waals surface area contributed by atoms with Crippen molar-refractivity contribution in [3.05, 3.63) is 29.6 Å². The number of carbonyl (C=O) groups excluding carboxylic acids is 1. The molecule has 0 saturated heterocycles. The van der Waals surface area contributed by atoms with Crippen LogP contribution in [0, 0.1) is 11.8 Å². The van der Waals surface area contributed by atoms with Gasteiger partial charge in [0.2, 0.25) is 0 Å². The van der Waals surface area contributed by atoms with Gasteiger partial charge in [0.05, 0.1) is 19.2 Å². The Balaban J connectivity index is 2.84. The molecule has 0 radical (unpaired) electrons. The van der Waals surface area contributed by atoms with Crippen LogP contribution in [0.2, 0.25) is 0 Å². The molecule has 0 amide bonds. The SMILES string of the molecule is CNCC#Cc1cncc(C(=O)OC)c1. The summed E-state index contributed by atoms with van der Waals surface area (Å²) in [6, 6.07) is 1.65. The summed E-state index contributed by atoms with van der Waals surface area (Å²) in [6.07, 6.45) is 3.06. The molecule has 0 unspecified atom stereocenters. The normalized spacial score (nSPS) is 8.93. The second kappa shape index (κ2) is 5.78. The lowest BCUT2D eigenvalue weighted by Crippen LogP contribution is -2.04. The number of hydrogen-bond donors (Lipinski definition) is 1. The Kier molecular flexibility index (Phi) is 4.32. The van der Waals surface area contributed by atoms with Gasteiger partial charge in [-0.3, -0.25) is 4.98 Å². The number of carbonyl (C=O) groups is 1. The summed E-state index contributed by atoms with van der Waals surface area (Å²) < 4.78 is 4.58. The Morgan fingerprint density at radius 3 is 3.07 bits per heavy atom. The van der Waals surface area contributed by atoms with E-state index in [4.69, 9.17) is 0 Å². The van der Waals surface area contributed by atoms with Crippen molar-refractivity contribution < 1.29 is 9.53 Å². The molecule has 0 aliphatic carbocycles. The fraction of sp³-hybridized carbons (Fsp3) is 0.273. The van der Waals surface area contributed by atoms with Gasteiger partial charge in [-0.1, -0.05) is 11.8 Å². The minimum absolute atomic E-state index is 0.403. The lowest BCUT2D eigenvalue weighted by atomic mass is 10.2. The summed E-state index contributed by atoms with van der Waals surface area (Å²) in [5.41, 5.74) is 1.11. The van der Waals surface area contributed by atoms with Crippen molar-refractivity contribution in [2.24, 2.45) is 0 Å². The number of rotatable bonds is 2. The molecule has 0 bridgehead atoms. The molecule has 0 aliphatic rings. The van der Waals surface area contributed by atoms with Crippen LogP contribution in [0.25, 0.3) is 0 Å². The van der Waals surface area contributed by atoms with Crippen molar-refractivity contribution in [2.75, 3.05) is 20.7 Å². The van der Waals surface area contributed by atoms with Crippen molar-refractivity contribution in [1.82, 2.24) is 10.3 Å². The summed E-state index contributed by atoms with van der Waals surface area (Å²) in [5, 5.41) is 2.90. The first-order valence-corrected chi connectivity index (χ1v) is 4.44. The average Bonchev–Trinajstić information content (AvgIpc) is 2.29. The Morgan fingerprint density at radius 2 is 2.40 bits per heavy atom. The minimum atomic E-state index is -0.403. The zero-order valence-electron chi connectivity index (χ0n) is 8.70. The van der Waals surface area contributed by atoms with Gasteiger partial charge in [-0.15, -0.1) is 0 Å². The van der Waals surface area contributed by atoms with E-state index in [1.54, 1.807) is 12.3 Å². The number of hydrogen-bond acceptors (Lipinski definition) is 4. The summed E-state index contributed by atoms with van der Waals surface area (Å²) >= 11 is 0. The minimum Gasteiger partial charge on any atom is -0.465 e. The number of methoxy groups -OCH3 is 1. The average molecular weight is 204 g/mol. The predicted molar refractivity (Wildman–Crippen MR) is 56.4 cm³/mol. The van der Waals surface area contributed by atoms with Gasteiger partial charge in [0.15, 0.2) is 0 Å². The van der Waals surface area contributed by atoms with E-state index in [1.807, 2.05) is 7.05 Å². The third-order valence-corrected chi connectivity index (χ3v) is 1.66. The maximum Gasteiger partial charge on any atom is 0.339 e. The van der Waals surface area contributed by atoms with Crippen molar-refractivity contribution in [3.63, 3.8) is 0 Å². The fourth-order valence-corrected chi connectivity index (χ4v) is 0.972. The van der Waals surface area contributed by atoms with Crippen LogP contribution in [0.4, 0.5) is 0 Å². The van der Waals surface area contributed by atoms with E-state index in [2.05, 4.69) is 26.9 Å². The number of esters is 1. The summed E-state index contributed by atoms with van der Waals surface area (Å²) in [4.78, 5) is 15.1. The summed E-state index contributed by atoms with van der Waals surface area (Å²) in [6.45, 7) is 0.600. The maximum absolute atomic E-state index is 11.2. The maximum atomic E-state index is 11.2. The Bertz CT molecular complexity index is 405. The highest BCUT2D eigenvalue weighted by Crippen LogP contribution is 2.02. The van der Waals surface area contributed by atoms with Crippen LogP contribution in [0.5, 0.6) is 0 Å². The number of nitrogens with zero attached hydrogens (tertiary/aromatic N) is 1. The monoisotopic (exact) mass is 204 g/mol. The van der Waals surface area contributed by atoms with E-state index in [0.717, 1.165) is 0 Å². The van der Waals surface area contributed by atoms with E-state index >= 15 is 0 Å². The van der Waals surface area contributed by atoms with Crippen LogP contribution >= 0.6 is 0 Å². The van der Waals surface area contributed by atoms with Gasteiger partial charge in [0.25, 0.3) is 0 Å². The third kappa shape index (κ3) is 3.41. The van der Waals surface area contributed by atoms with Gasteiger partial charge in [-0.2, -0.15) is 0 Å². The van der Waals surface area contributed by atoms with Gasteiger partial charge in [0, 0.05) is 18.0 Å². The zero-order chi connectivity index (χ0) is 11.1. The van der Waals surface area contributed by atoms with Gasteiger partial charge in [-0.05, 0) is 13.1 Å². The molecule has 0 spiro atoms. The highest BCUT2D eigenvalue weighted by Gasteiger charge is 2.04. The molecule has 0 atom stereocenters. The first kappa shape index (κ1) is 11.2. The standard InChI is InChI=1S/C11H12N2O2/c1-12-5-3-4-9-6-10(8-13-7-9)11(14)15-2/h6-8,12H,5H2,1-2H3. The highest BCUT2D eigenvalue weighted by molar-refractivity contribution is 5.89. The van der Waals surface area contributed by atoms with Gasteiger partial charge in [-0.25, -0.2) is 4.79 Å². The lowest BCUT2D eigenvalue weighted by Gasteiger charge is -1.97. The molecule has 1 aromatic heterocycles. The van der Waals surface area contributed by atoms with Gasteiger partial charge >= 0.3 is 5.97 Å². The van der Waals surface area contributed by atoms with E-state index in [0.29, 0.717) is 17.7 Å². The second-order valence-electron chi connectivity index (χ2n) is 2.79.